The topological polar surface area (TPSA) is 408 Å². The van der Waals surface area contributed by atoms with Gasteiger partial charge in [0.2, 0.25) is 53.2 Å². The van der Waals surface area contributed by atoms with Crippen molar-refractivity contribution in [1.29, 1.82) is 0 Å². The summed E-state index contributed by atoms with van der Waals surface area (Å²) in [6.07, 6.45) is 5.58. The minimum Gasteiger partial charge on any atom is -0.480 e. The molecule has 1 aliphatic heterocycles. The van der Waals surface area contributed by atoms with Gasteiger partial charge in [0.1, 0.15) is 48.3 Å². The highest BCUT2D eigenvalue weighted by atomic mass is 33.1. The highest BCUT2D eigenvalue weighted by Crippen LogP contribution is 2.24. The van der Waals surface area contributed by atoms with E-state index < -0.39 is 114 Å². The van der Waals surface area contributed by atoms with Crippen LogP contribution in [0.2, 0.25) is 0 Å². The van der Waals surface area contributed by atoms with Gasteiger partial charge in [-0.1, -0.05) is 89.9 Å². The summed E-state index contributed by atoms with van der Waals surface area (Å²) in [5, 5.41) is 34.4. The molecule has 2 aromatic carbocycles. The molecule has 28 heteroatoms. The van der Waals surface area contributed by atoms with E-state index in [0.29, 0.717) is 29.7 Å². The van der Waals surface area contributed by atoms with Crippen molar-refractivity contribution in [3.8, 4) is 0 Å². The molecule has 79 heavy (non-hydrogen) atoms. The van der Waals surface area contributed by atoms with E-state index in [1.807, 2.05) is 25.1 Å². The Balaban J connectivity index is 1.53. The number of carboxylic acids is 1. The number of carbonyl (C=O) groups is 10. The van der Waals surface area contributed by atoms with Crippen LogP contribution in [0.25, 0.3) is 10.9 Å². The second-order valence-corrected chi connectivity index (χ2v) is 21.2. The number of amides is 9. The smallest absolute Gasteiger partial charge is 0.327 e. The number of nitrogens with one attached hydrogen (secondary N) is 11. The number of aromatic amines is 2. The molecule has 26 nitrogen and oxygen atoms in total. The fourth-order valence-electron chi connectivity index (χ4n) is 8.20. The molecule has 9 amide bonds. The zero-order chi connectivity index (χ0) is 57.4. The summed E-state index contributed by atoms with van der Waals surface area (Å²) in [7, 11) is 1.90. The second kappa shape index (κ2) is 31.3. The first-order valence-electron chi connectivity index (χ1n) is 25.6. The van der Waals surface area contributed by atoms with E-state index in [0.717, 1.165) is 32.5 Å². The number of nitrogens with two attached hydrogens (primary N) is 2. The number of fused-ring (bicyclic) bond motifs is 1. The average Bonchev–Trinajstić information content (AvgIpc) is 4.15. The molecule has 0 saturated carbocycles. The van der Waals surface area contributed by atoms with Gasteiger partial charge in [0.05, 0.1) is 12.9 Å². The number of benzene rings is 2. The van der Waals surface area contributed by atoms with E-state index in [9.17, 15) is 53.1 Å². The number of aliphatic imine (C=N–C) groups is 1. The number of unbranched alkanes of at least 4 members (excludes halogenated alkanes) is 1. The Hall–Kier alpha value is -8.14. The molecule has 1 aliphatic rings. The van der Waals surface area contributed by atoms with Crippen molar-refractivity contribution in [2.24, 2.45) is 16.5 Å². The van der Waals surface area contributed by atoms with Crippen LogP contribution in [0.4, 0.5) is 0 Å². The van der Waals surface area contributed by atoms with Gasteiger partial charge in [-0.3, -0.25) is 48.1 Å². The summed E-state index contributed by atoms with van der Waals surface area (Å²) in [5.41, 5.74) is 13.5. The normalized spacial score (nSPS) is 22.1. The van der Waals surface area contributed by atoms with Crippen LogP contribution in [-0.2, 0) is 67.2 Å². The summed E-state index contributed by atoms with van der Waals surface area (Å²) in [4.78, 5) is 152. The van der Waals surface area contributed by atoms with Crippen LogP contribution in [0.1, 0.15) is 69.7 Å². The van der Waals surface area contributed by atoms with Crippen LogP contribution in [0.3, 0.4) is 0 Å². The summed E-state index contributed by atoms with van der Waals surface area (Å²) in [6.45, 7) is 3.78. The van der Waals surface area contributed by atoms with Crippen molar-refractivity contribution in [3.05, 3.63) is 90.1 Å². The molecular weight excluding hydrogens is 1060 g/mol. The Kier molecular flexibility index (Phi) is 24.5. The molecule has 0 aliphatic carbocycles. The van der Waals surface area contributed by atoms with E-state index in [-0.39, 0.29) is 62.5 Å². The molecule has 4 aromatic rings. The van der Waals surface area contributed by atoms with Gasteiger partial charge in [0.25, 0.3) is 0 Å². The summed E-state index contributed by atoms with van der Waals surface area (Å²) in [5.74, 6) is -9.28. The maximum Gasteiger partial charge on any atom is 0.327 e. The van der Waals surface area contributed by atoms with E-state index in [1.165, 1.54) is 26.4 Å². The third-order valence-corrected chi connectivity index (χ3v) is 14.8. The highest BCUT2D eigenvalue weighted by Gasteiger charge is 2.35. The quantitative estimate of drug-likeness (QED) is 0.0252. The maximum absolute atomic E-state index is 14.7. The molecule has 0 unspecified atom stereocenters. The van der Waals surface area contributed by atoms with E-state index in [4.69, 9.17) is 11.5 Å². The van der Waals surface area contributed by atoms with E-state index in [2.05, 4.69) is 67.8 Å². The molecule has 426 valence electrons. The van der Waals surface area contributed by atoms with Gasteiger partial charge in [-0.2, -0.15) is 0 Å². The number of guanidine groups is 1. The van der Waals surface area contributed by atoms with Crippen LogP contribution in [0.5, 0.6) is 0 Å². The number of carbonyl (C=O) groups excluding carboxylic acids is 9. The Morgan fingerprint density at radius 3 is 2.08 bits per heavy atom. The molecule has 16 N–H and O–H groups in total. The third kappa shape index (κ3) is 20.3. The molecular formula is C51H69N15O11S2. The lowest BCUT2D eigenvalue weighted by molar-refractivity contribution is -0.141. The van der Waals surface area contributed by atoms with Gasteiger partial charge >= 0.3 is 5.97 Å². The third-order valence-electron chi connectivity index (χ3n) is 12.4. The SMILES string of the molecule is CCCC[C@H](NC(C)=O)C(=O)N[C@H]1CSSC[C@@H](C(=O)O)NC(=O)CNC(=O)[C@H](Cc2c[nH]c3ccccc23)NC(=O)[C@H](CCCN=C(N)N)NC(=O)[C@@H](Cc2ccccc2)NC(=O)[C@H](Cc2cnc[nH]2)NC(=O)[C@@H](C)NC1=O. The first-order valence-corrected chi connectivity index (χ1v) is 28.1. The summed E-state index contributed by atoms with van der Waals surface area (Å²) in [6, 6.07) is 4.97. The molecule has 0 bridgehead atoms. The first-order chi connectivity index (χ1) is 37.8. The summed E-state index contributed by atoms with van der Waals surface area (Å²) >= 11 is 0. The molecule has 0 radical (unpaired) electrons. The van der Waals surface area contributed by atoms with Crippen LogP contribution >= 0.6 is 21.6 Å². The Morgan fingerprint density at radius 1 is 0.759 bits per heavy atom. The number of aliphatic carboxylic acids is 1. The van der Waals surface area contributed by atoms with Crippen molar-refractivity contribution in [3.63, 3.8) is 0 Å². The number of hydrogen-bond donors (Lipinski definition) is 14. The maximum atomic E-state index is 14.7. The first kappa shape index (κ1) is 61.7. The molecule has 8 atom stereocenters. The largest absolute Gasteiger partial charge is 0.480 e. The number of nitrogens with zero attached hydrogens (tertiary/aromatic N) is 2. The van der Waals surface area contributed by atoms with Gasteiger partial charge in [-0.05, 0) is 43.4 Å². The van der Waals surface area contributed by atoms with Gasteiger partial charge in [-0.15, -0.1) is 0 Å². The Morgan fingerprint density at radius 2 is 1.41 bits per heavy atom. The number of carboxylic acid groups (broad SMARTS) is 1. The molecule has 1 saturated heterocycles. The van der Waals surface area contributed by atoms with Gasteiger partial charge in [0, 0.05) is 73.2 Å². The fraction of sp³-hybridized carbons (Fsp3) is 0.451. The van der Waals surface area contributed by atoms with Crippen molar-refractivity contribution < 1.29 is 53.1 Å². The number of hydrogen-bond acceptors (Lipinski definition) is 14. The van der Waals surface area contributed by atoms with E-state index in [1.54, 1.807) is 42.6 Å². The van der Waals surface area contributed by atoms with Crippen LogP contribution in [0.15, 0.2) is 78.3 Å². The molecule has 1 fully saturated rings. The van der Waals surface area contributed by atoms with Crippen molar-refractivity contribution in [1.82, 2.24) is 62.8 Å². The summed E-state index contributed by atoms with van der Waals surface area (Å²) < 4.78 is 0. The molecule has 3 heterocycles. The molecule has 2 aromatic heterocycles. The highest BCUT2D eigenvalue weighted by molar-refractivity contribution is 8.76. The zero-order valence-corrected chi connectivity index (χ0v) is 45.6. The minimum absolute atomic E-state index is 0.0380. The van der Waals surface area contributed by atoms with Gasteiger partial charge in [-0.25, -0.2) is 9.78 Å². The molecule has 0 spiro atoms. The average molecular weight is 1130 g/mol. The lowest BCUT2D eigenvalue weighted by Crippen LogP contribution is -2.60. The number of H-pyrrole nitrogens is 2. The van der Waals surface area contributed by atoms with Crippen LogP contribution < -0.4 is 59.3 Å². The number of para-hydroxylation sites is 1. The number of aromatic nitrogens is 3. The monoisotopic (exact) mass is 1130 g/mol. The Bertz CT molecular complexity index is 2780. The van der Waals surface area contributed by atoms with Gasteiger partial charge in [0.15, 0.2) is 5.96 Å². The fourth-order valence-corrected chi connectivity index (χ4v) is 10.5. The van der Waals surface area contributed by atoms with Crippen LogP contribution in [-0.4, -0.2) is 158 Å². The van der Waals surface area contributed by atoms with Crippen molar-refractivity contribution >= 4 is 97.6 Å². The zero-order valence-electron chi connectivity index (χ0n) is 43.9. The predicted octanol–water partition coefficient (Wildman–Crippen LogP) is -1.32. The van der Waals surface area contributed by atoms with E-state index >= 15 is 0 Å². The lowest BCUT2D eigenvalue weighted by atomic mass is 10.0. The van der Waals surface area contributed by atoms with Crippen LogP contribution in [0, 0.1) is 0 Å². The molecule has 5 rings (SSSR count). The second-order valence-electron chi connectivity index (χ2n) is 18.7. The minimum atomic E-state index is -1.52. The van der Waals surface area contributed by atoms with Crippen molar-refractivity contribution in [2.45, 2.75) is 120 Å². The number of imidazole rings is 1. The van der Waals surface area contributed by atoms with Crippen molar-refractivity contribution in [2.75, 3.05) is 24.6 Å². The standard InChI is InChI=1S/C51H69N15O11S2/c1-4-5-15-35(60-29(3)67)45(71)66-40-25-78-79-26-41(50(76)77)61-42(68)24-57-44(70)38(20-31-22-56-34-16-10-9-14-33(31)34)65-46(72)36(17-11-18-55-51(52)53)62-47(73)37(19-30-12-7-6-8-13-30)64-48(74)39(21-32-23-54-27-58-32)63-43(69)28(2)59-49(40)75/h6-10,12-14,16,22-23,27-28,35-41,56H,4-5,11,15,17-21,24-26H2,1-3H3,(H,54,58)(H,57,70)(H,59,75)(H,60,67)(H,61,68)(H,62,73)(H,63,69)(H,64,74)(H,65,72)(H,66,71)(H,76,77)(H4,52,53,55)/t28-,35+,36+,37-,38+,39+,40+,41+/m1/s1. The van der Waals surface area contributed by atoms with Gasteiger partial charge < -0.3 is 74.4 Å². The Labute approximate surface area is 463 Å². The number of rotatable bonds is 17. The lowest BCUT2D eigenvalue weighted by Gasteiger charge is -2.27. The predicted molar refractivity (Wildman–Crippen MR) is 296 cm³/mol.